The molecule has 0 bridgehead atoms. The lowest BCUT2D eigenvalue weighted by Crippen LogP contribution is -2.52. The number of benzene rings is 2. The number of aromatic nitrogens is 1. The molecule has 0 aliphatic carbocycles. The minimum absolute atomic E-state index is 0.0464. The molecule has 1 aromatic heterocycles. The topological polar surface area (TPSA) is 112 Å². The Morgan fingerprint density at radius 3 is 1.91 bits per heavy atom. The molecule has 0 radical (unpaired) electrons. The normalized spacial score (nSPS) is 10.8. The molecule has 3 aromatic rings. The van der Waals surface area contributed by atoms with Crippen LogP contribution in [0.25, 0.3) is 0 Å². The number of carbonyl (C=O) groups excluding carboxylic acids is 4. The van der Waals surface area contributed by atoms with Crippen molar-refractivity contribution in [3.63, 3.8) is 0 Å². The molecule has 0 spiro atoms. The summed E-state index contributed by atoms with van der Waals surface area (Å²) in [6.07, 6.45) is 2.74. The average molecular weight is 460 g/mol. The van der Waals surface area contributed by atoms with Gasteiger partial charge < -0.3 is 14.8 Å². The zero-order chi connectivity index (χ0) is 24.6. The molecule has 0 atom stereocenters. The van der Waals surface area contributed by atoms with Crippen LogP contribution in [0.4, 0.5) is 5.69 Å². The van der Waals surface area contributed by atoms with Gasteiger partial charge in [0.25, 0.3) is 11.3 Å². The van der Waals surface area contributed by atoms with Crippen LogP contribution in [0.5, 0.6) is 0 Å². The van der Waals surface area contributed by atoms with Gasteiger partial charge in [-0.3, -0.25) is 14.6 Å². The summed E-state index contributed by atoms with van der Waals surface area (Å²) < 4.78 is 10.3. The Balaban J connectivity index is 2.06. The van der Waals surface area contributed by atoms with E-state index in [1.807, 2.05) is 0 Å². The molecule has 0 saturated heterocycles. The molecule has 0 saturated carbocycles. The molecule has 1 amide bonds. The number of nitrogens with zero attached hydrogens (tertiary/aromatic N) is 1. The van der Waals surface area contributed by atoms with Crippen molar-refractivity contribution in [2.45, 2.75) is 19.3 Å². The number of ether oxygens (including phenoxy) is 2. The molecule has 1 heterocycles. The summed E-state index contributed by atoms with van der Waals surface area (Å²) in [4.78, 5) is 56.4. The maximum Gasteiger partial charge on any atom is 0.336 e. The molecule has 2 aromatic carbocycles. The molecule has 1 N–H and O–H groups in total. The predicted octanol–water partition coefficient (Wildman–Crippen LogP) is 3.58. The Labute approximate surface area is 196 Å². The predicted molar refractivity (Wildman–Crippen MR) is 124 cm³/mol. The monoisotopic (exact) mass is 460 g/mol. The van der Waals surface area contributed by atoms with Gasteiger partial charge >= 0.3 is 11.9 Å². The minimum Gasteiger partial charge on any atom is -0.465 e. The first-order valence-electron chi connectivity index (χ1n) is 10.7. The molecule has 8 heteroatoms. The van der Waals surface area contributed by atoms with Gasteiger partial charge in [-0.25, -0.2) is 9.59 Å². The van der Waals surface area contributed by atoms with E-state index in [2.05, 4.69) is 10.3 Å². The van der Waals surface area contributed by atoms with Crippen molar-refractivity contribution >= 4 is 29.3 Å². The van der Waals surface area contributed by atoms with E-state index >= 15 is 0 Å². The Morgan fingerprint density at radius 1 is 0.794 bits per heavy atom. The number of pyridine rings is 1. The van der Waals surface area contributed by atoms with Crippen LogP contribution in [0.1, 0.15) is 40.1 Å². The second-order valence-electron chi connectivity index (χ2n) is 7.16. The molecular weight excluding hydrogens is 436 g/mol. The van der Waals surface area contributed by atoms with Crippen molar-refractivity contribution in [2.75, 3.05) is 18.5 Å². The fraction of sp³-hybridized carbons (Fsp3) is 0.192. The van der Waals surface area contributed by atoms with Crippen LogP contribution >= 0.6 is 0 Å². The van der Waals surface area contributed by atoms with Crippen molar-refractivity contribution in [3.05, 3.63) is 95.8 Å². The van der Waals surface area contributed by atoms with Gasteiger partial charge in [0.15, 0.2) is 5.78 Å². The molecule has 3 rings (SSSR count). The number of anilines is 1. The number of carbonyl (C=O) groups is 4. The number of hydrogen-bond acceptors (Lipinski definition) is 7. The highest BCUT2D eigenvalue weighted by Crippen LogP contribution is 2.33. The second-order valence-corrected chi connectivity index (χ2v) is 7.16. The van der Waals surface area contributed by atoms with Crippen LogP contribution in [0.2, 0.25) is 0 Å². The summed E-state index contributed by atoms with van der Waals surface area (Å²) in [6, 6.07) is 17.4. The molecule has 34 heavy (non-hydrogen) atoms. The Bertz CT molecular complexity index is 1140. The highest BCUT2D eigenvalue weighted by molar-refractivity contribution is 6.30. The average Bonchev–Trinajstić information content (AvgIpc) is 2.87. The van der Waals surface area contributed by atoms with Crippen molar-refractivity contribution in [1.82, 2.24) is 4.98 Å². The van der Waals surface area contributed by atoms with E-state index in [0.29, 0.717) is 11.3 Å². The van der Waals surface area contributed by atoms with E-state index < -0.39 is 23.1 Å². The van der Waals surface area contributed by atoms with Gasteiger partial charge in [0.1, 0.15) is 0 Å². The fourth-order valence-corrected chi connectivity index (χ4v) is 3.42. The first kappa shape index (κ1) is 24.3. The third kappa shape index (κ3) is 4.85. The van der Waals surface area contributed by atoms with Crippen LogP contribution in [-0.4, -0.2) is 41.8 Å². The van der Waals surface area contributed by atoms with E-state index in [1.54, 1.807) is 44.2 Å². The summed E-state index contributed by atoms with van der Waals surface area (Å²) in [5, 5.41) is 2.74. The maximum atomic E-state index is 13.6. The Morgan fingerprint density at radius 2 is 1.38 bits per heavy atom. The maximum absolute atomic E-state index is 13.6. The molecule has 0 aliphatic heterocycles. The summed E-state index contributed by atoms with van der Waals surface area (Å²) >= 11 is 0. The summed E-state index contributed by atoms with van der Waals surface area (Å²) in [5.74, 6) is -3.26. The second kappa shape index (κ2) is 11.0. The number of amides is 1. The van der Waals surface area contributed by atoms with Gasteiger partial charge in [0, 0.05) is 29.2 Å². The standard InChI is InChI=1S/C26H24N2O6/c1-3-33-24(31)26(25(32)34-4-2,22(29)19-11-8-16-27-17-19)20-12-14-21(15-13-20)28-23(30)18-9-6-5-7-10-18/h5-17H,3-4H2,1-2H3,(H,28,30). The molecule has 0 fully saturated rings. The molecular formula is C26H24N2O6. The summed E-state index contributed by atoms with van der Waals surface area (Å²) in [5.41, 5.74) is -1.42. The highest BCUT2D eigenvalue weighted by Gasteiger charge is 2.57. The van der Waals surface area contributed by atoms with Crippen molar-refractivity contribution in [2.24, 2.45) is 0 Å². The number of hydrogen-bond donors (Lipinski definition) is 1. The molecule has 174 valence electrons. The lowest BCUT2D eigenvalue weighted by Gasteiger charge is -2.28. The van der Waals surface area contributed by atoms with Crippen LogP contribution in [0, 0.1) is 0 Å². The van der Waals surface area contributed by atoms with Gasteiger partial charge in [0.05, 0.1) is 13.2 Å². The summed E-state index contributed by atoms with van der Waals surface area (Å²) in [7, 11) is 0. The minimum atomic E-state index is -2.39. The summed E-state index contributed by atoms with van der Waals surface area (Å²) in [6.45, 7) is 3.05. The zero-order valence-electron chi connectivity index (χ0n) is 18.8. The van der Waals surface area contributed by atoms with E-state index in [9.17, 15) is 19.2 Å². The van der Waals surface area contributed by atoms with Crippen molar-refractivity contribution in [3.8, 4) is 0 Å². The first-order chi connectivity index (χ1) is 16.4. The zero-order valence-corrected chi connectivity index (χ0v) is 18.8. The molecule has 8 nitrogen and oxygen atoms in total. The lowest BCUT2D eigenvalue weighted by atomic mass is 9.74. The van der Waals surface area contributed by atoms with Gasteiger partial charge in [-0.15, -0.1) is 0 Å². The largest absolute Gasteiger partial charge is 0.465 e. The third-order valence-electron chi connectivity index (χ3n) is 5.04. The molecule has 0 aliphatic rings. The first-order valence-corrected chi connectivity index (χ1v) is 10.7. The number of ketones is 1. The Kier molecular flexibility index (Phi) is 7.87. The van der Waals surface area contributed by atoms with Crippen molar-refractivity contribution < 1.29 is 28.7 Å². The van der Waals surface area contributed by atoms with Gasteiger partial charge in [-0.2, -0.15) is 0 Å². The van der Waals surface area contributed by atoms with Crippen molar-refractivity contribution in [1.29, 1.82) is 0 Å². The number of nitrogens with one attached hydrogen (secondary N) is 1. The van der Waals surface area contributed by atoms with Gasteiger partial charge in [-0.05, 0) is 55.8 Å². The molecule has 0 unspecified atom stereocenters. The number of rotatable bonds is 9. The van der Waals surface area contributed by atoms with E-state index in [1.165, 1.54) is 48.8 Å². The van der Waals surface area contributed by atoms with Gasteiger partial charge in [-0.1, -0.05) is 30.3 Å². The van der Waals surface area contributed by atoms with Crippen LogP contribution in [-0.2, 0) is 24.5 Å². The van der Waals surface area contributed by atoms with E-state index in [4.69, 9.17) is 9.47 Å². The highest BCUT2D eigenvalue weighted by atomic mass is 16.6. The number of esters is 2. The quantitative estimate of drug-likeness (QED) is 0.295. The Hall–Kier alpha value is -4.33. The third-order valence-corrected chi connectivity index (χ3v) is 5.04. The van der Waals surface area contributed by atoms with Crippen LogP contribution in [0.3, 0.4) is 0 Å². The fourth-order valence-electron chi connectivity index (χ4n) is 3.42. The van der Waals surface area contributed by atoms with Gasteiger partial charge in [0.2, 0.25) is 0 Å². The van der Waals surface area contributed by atoms with E-state index in [0.717, 1.165) is 0 Å². The van der Waals surface area contributed by atoms with Crippen LogP contribution in [0.15, 0.2) is 79.1 Å². The van der Waals surface area contributed by atoms with Crippen LogP contribution < -0.4 is 5.32 Å². The smallest absolute Gasteiger partial charge is 0.336 e. The SMILES string of the molecule is CCOC(=O)C(C(=O)OCC)(C(=O)c1cccnc1)c1ccc(NC(=O)c2ccccc2)cc1. The van der Waals surface area contributed by atoms with E-state index in [-0.39, 0.29) is 30.2 Å². The lowest BCUT2D eigenvalue weighted by molar-refractivity contribution is -0.161. The number of Topliss-reactive ketones (excluding diaryl/α,β-unsaturated/α-hetero) is 1.